The van der Waals surface area contributed by atoms with Crippen LogP contribution in [0.25, 0.3) is 0 Å². The van der Waals surface area contributed by atoms with Crippen molar-refractivity contribution >= 4 is 11.5 Å². The summed E-state index contributed by atoms with van der Waals surface area (Å²) in [5, 5.41) is 10.8. The summed E-state index contributed by atoms with van der Waals surface area (Å²) in [4.78, 5) is 14.3. The topological polar surface area (TPSA) is 40.5 Å². The van der Waals surface area contributed by atoms with Gasteiger partial charge in [-0.1, -0.05) is 23.8 Å². The predicted molar refractivity (Wildman–Crippen MR) is 126 cm³/mol. The van der Waals surface area contributed by atoms with E-state index in [9.17, 15) is 9.90 Å². The van der Waals surface area contributed by atoms with Crippen LogP contribution in [-0.2, 0) is 4.79 Å². The summed E-state index contributed by atoms with van der Waals surface area (Å²) in [6, 6.07) is 9.02. The fraction of sp³-hybridized carbons (Fsp3) is 0.536. The van der Waals surface area contributed by atoms with Crippen LogP contribution >= 0.6 is 0 Å². The second-order valence-electron chi connectivity index (χ2n) is 10.4. The maximum atomic E-state index is 12.1. The number of hydrogen-bond donors (Lipinski definition) is 1. The standard InChI is InChI=1S/C28H35NO2/c1-4-20-8-14-26-24-12-7-19-15-22(31)11-13-23(19)27(24)25(16-28(20,26)17-30)18-5-9-21(10-6-18)29(2)3/h4-6,9-10,15,20,24-26,30H,1,7-8,11-14,16-17H2,2-3H3/t20-,24+,25-,26+,28+/m1/s1. The van der Waals surface area contributed by atoms with Gasteiger partial charge in [-0.3, -0.25) is 4.79 Å². The van der Waals surface area contributed by atoms with Crippen molar-refractivity contribution < 1.29 is 9.90 Å². The molecule has 2 saturated carbocycles. The van der Waals surface area contributed by atoms with E-state index >= 15 is 0 Å². The summed E-state index contributed by atoms with van der Waals surface area (Å²) in [7, 11) is 4.15. The van der Waals surface area contributed by atoms with E-state index in [2.05, 4.69) is 55.9 Å². The molecule has 0 amide bonds. The number of aliphatic hydroxyl groups excluding tert-OH is 1. The Kier molecular flexibility index (Phi) is 5.21. The van der Waals surface area contributed by atoms with Gasteiger partial charge in [0, 0.05) is 44.1 Å². The van der Waals surface area contributed by atoms with E-state index in [1.807, 2.05) is 6.08 Å². The van der Waals surface area contributed by atoms with Crippen LogP contribution < -0.4 is 4.90 Å². The molecule has 0 heterocycles. The van der Waals surface area contributed by atoms with E-state index in [-0.39, 0.29) is 17.8 Å². The molecule has 0 spiro atoms. The summed E-state index contributed by atoms with van der Waals surface area (Å²) in [5.74, 6) is 2.04. The molecule has 1 aromatic rings. The fourth-order valence-electron chi connectivity index (χ4n) is 7.45. The van der Waals surface area contributed by atoms with Crippen LogP contribution in [0.3, 0.4) is 0 Å². The third kappa shape index (κ3) is 3.16. The van der Waals surface area contributed by atoms with Gasteiger partial charge in [0.25, 0.3) is 0 Å². The third-order valence-corrected chi connectivity index (χ3v) is 8.92. The summed E-state index contributed by atoms with van der Waals surface area (Å²) >= 11 is 0. The molecule has 0 aliphatic heterocycles. The van der Waals surface area contributed by atoms with E-state index in [1.165, 1.54) is 28.8 Å². The van der Waals surface area contributed by atoms with Gasteiger partial charge in [0.2, 0.25) is 0 Å². The van der Waals surface area contributed by atoms with Gasteiger partial charge in [0.15, 0.2) is 5.78 Å². The molecule has 0 radical (unpaired) electrons. The van der Waals surface area contributed by atoms with Gasteiger partial charge in [-0.15, -0.1) is 6.58 Å². The Morgan fingerprint density at radius 2 is 1.90 bits per heavy atom. The smallest absolute Gasteiger partial charge is 0.156 e. The number of aliphatic hydroxyl groups is 1. The molecule has 31 heavy (non-hydrogen) atoms. The Bertz CT molecular complexity index is 954. The average Bonchev–Trinajstić information content (AvgIpc) is 3.17. The van der Waals surface area contributed by atoms with Crippen LogP contribution in [0.1, 0.15) is 56.4 Å². The molecule has 0 unspecified atom stereocenters. The molecule has 164 valence electrons. The molecule has 4 aliphatic carbocycles. The summed E-state index contributed by atoms with van der Waals surface area (Å²) in [5.41, 5.74) is 6.88. The Hall–Kier alpha value is -2.13. The van der Waals surface area contributed by atoms with Crippen molar-refractivity contribution in [2.75, 3.05) is 25.6 Å². The normalized spacial score (nSPS) is 34.5. The van der Waals surface area contributed by atoms with E-state index < -0.39 is 0 Å². The van der Waals surface area contributed by atoms with E-state index in [0.29, 0.717) is 30.1 Å². The summed E-state index contributed by atoms with van der Waals surface area (Å²) in [6.45, 7) is 4.41. The van der Waals surface area contributed by atoms with Gasteiger partial charge < -0.3 is 10.0 Å². The molecule has 0 saturated heterocycles. The Morgan fingerprint density at radius 3 is 2.58 bits per heavy atom. The lowest BCUT2D eigenvalue weighted by Crippen LogP contribution is -2.46. The number of rotatable bonds is 4. The van der Waals surface area contributed by atoms with Gasteiger partial charge in [0.1, 0.15) is 0 Å². The monoisotopic (exact) mass is 417 g/mol. The molecule has 1 N–H and O–H groups in total. The second-order valence-corrected chi connectivity index (χ2v) is 10.4. The molecule has 4 aliphatic rings. The first-order valence-electron chi connectivity index (χ1n) is 12.0. The Morgan fingerprint density at radius 1 is 1.13 bits per heavy atom. The maximum absolute atomic E-state index is 12.1. The minimum atomic E-state index is -0.0624. The lowest BCUT2D eigenvalue weighted by atomic mass is 9.51. The number of allylic oxidation sites excluding steroid dienone is 5. The zero-order valence-electron chi connectivity index (χ0n) is 18.9. The first-order valence-corrected chi connectivity index (χ1v) is 12.0. The molecule has 0 bridgehead atoms. The number of fused-ring (bicyclic) bond motifs is 4. The van der Waals surface area contributed by atoms with Crippen molar-refractivity contribution in [3.05, 3.63) is 65.3 Å². The number of anilines is 1. The van der Waals surface area contributed by atoms with Gasteiger partial charge in [-0.05, 0) is 91.2 Å². The van der Waals surface area contributed by atoms with Crippen molar-refractivity contribution in [2.45, 2.75) is 50.9 Å². The van der Waals surface area contributed by atoms with E-state index in [1.54, 1.807) is 5.57 Å². The minimum Gasteiger partial charge on any atom is -0.396 e. The van der Waals surface area contributed by atoms with Gasteiger partial charge in [-0.25, -0.2) is 0 Å². The van der Waals surface area contributed by atoms with Crippen LogP contribution in [0.15, 0.2) is 59.7 Å². The van der Waals surface area contributed by atoms with Crippen LogP contribution in [0.5, 0.6) is 0 Å². The van der Waals surface area contributed by atoms with Crippen molar-refractivity contribution in [3.63, 3.8) is 0 Å². The van der Waals surface area contributed by atoms with Gasteiger partial charge in [0.05, 0.1) is 0 Å². The number of benzene rings is 1. The molecular formula is C28H35NO2. The van der Waals surface area contributed by atoms with Crippen molar-refractivity contribution in [3.8, 4) is 0 Å². The molecule has 0 aromatic heterocycles. The number of carbonyl (C=O) groups excluding carboxylic acids is 1. The number of carbonyl (C=O) groups is 1. The van der Waals surface area contributed by atoms with Crippen LogP contribution in [0, 0.1) is 23.2 Å². The zero-order valence-corrected chi connectivity index (χ0v) is 18.9. The highest BCUT2D eigenvalue weighted by atomic mass is 16.3. The fourth-order valence-corrected chi connectivity index (χ4v) is 7.45. The maximum Gasteiger partial charge on any atom is 0.156 e. The van der Waals surface area contributed by atoms with Crippen molar-refractivity contribution in [1.82, 2.24) is 0 Å². The summed E-state index contributed by atoms with van der Waals surface area (Å²) in [6.07, 6.45) is 11.0. The number of hydrogen-bond acceptors (Lipinski definition) is 3. The third-order valence-electron chi connectivity index (χ3n) is 8.92. The molecule has 1 aromatic carbocycles. The van der Waals surface area contributed by atoms with E-state index in [0.717, 1.165) is 32.1 Å². The molecule has 5 atom stereocenters. The average molecular weight is 418 g/mol. The summed E-state index contributed by atoms with van der Waals surface area (Å²) < 4.78 is 0. The first-order chi connectivity index (χ1) is 15.0. The highest BCUT2D eigenvalue weighted by Gasteiger charge is 2.57. The molecule has 3 heteroatoms. The van der Waals surface area contributed by atoms with Crippen LogP contribution in [0.4, 0.5) is 5.69 Å². The number of ketones is 1. The second kappa shape index (κ2) is 7.78. The highest BCUT2D eigenvalue weighted by molar-refractivity contribution is 5.93. The van der Waals surface area contributed by atoms with Crippen molar-refractivity contribution in [1.29, 1.82) is 0 Å². The number of nitrogens with zero attached hydrogens (tertiary/aromatic N) is 1. The van der Waals surface area contributed by atoms with Gasteiger partial charge >= 0.3 is 0 Å². The van der Waals surface area contributed by atoms with Gasteiger partial charge in [-0.2, -0.15) is 0 Å². The Labute approximate surface area is 186 Å². The van der Waals surface area contributed by atoms with Crippen LogP contribution in [0.2, 0.25) is 0 Å². The minimum absolute atomic E-state index is 0.0624. The van der Waals surface area contributed by atoms with Crippen LogP contribution in [-0.4, -0.2) is 31.6 Å². The molecular weight excluding hydrogens is 382 g/mol. The molecule has 3 nitrogen and oxygen atoms in total. The quantitative estimate of drug-likeness (QED) is 0.665. The SMILES string of the molecule is C=C[C@@H]1CC[C@H]2[C@@H]3CCC4=CC(=O)CCC4=C3[C@@H](c3ccc(N(C)C)cc3)C[C@]12CO. The molecule has 2 fully saturated rings. The first kappa shape index (κ1) is 20.8. The Balaban J connectivity index is 1.66. The van der Waals surface area contributed by atoms with Crippen molar-refractivity contribution in [2.24, 2.45) is 23.2 Å². The molecule has 5 rings (SSSR count). The highest BCUT2D eigenvalue weighted by Crippen LogP contribution is 2.65. The lowest BCUT2D eigenvalue weighted by Gasteiger charge is -2.53. The largest absolute Gasteiger partial charge is 0.396 e. The zero-order chi connectivity index (χ0) is 21.8. The predicted octanol–water partition coefficient (Wildman–Crippen LogP) is 5.43. The lowest BCUT2D eigenvalue weighted by molar-refractivity contribution is -0.114. The van der Waals surface area contributed by atoms with E-state index in [4.69, 9.17) is 0 Å².